The molecule has 0 bridgehead atoms. The zero-order chi connectivity index (χ0) is 19.8. The lowest BCUT2D eigenvalue weighted by Gasteiger charge is -2.25. The molecule has 1 aliphatic heterocycles. The van der Waals surface area contributed by atoms with Crippen LogP contribution in [0.1, 0.15) is 30.4 Å². The third-order valence-corrected chi connectivity index (χ3v) is 5.45. The molecular weight excluding hydrogens is 357 g/mol. The van der Waals surface area contributed by atoms with Gasteiger partial charge in [0.05, 0.1) is 17.3 Å². The van der Waals surface area contributed by atoms with Crippen molar-refractivity contribution in [2.45, 2.75) is 33.1 Å². The molecule has 2 aromatic rings. The molecule has 1 atom stereocenters. The van der Waals surface area contributed by atoms with Crippen LogP contribution in [0.3, 0.4) is 0 Å². The van der Waals surface area contributed by atoms with Gasteiger partial charge < -0.3 is 10.2 Å². The number of fused-ring (bicyclic) bond motifs is 2. The van der Waals surface area contributed by atoms with Gasteiger partial charge >= 0.3 is 0 Å². The minimum absolute atomic E-state index is 0.0901. The Kier molecular flexibility index (Phi) is 4.71. The van der Waals surface area contributed by atoms with Crippen molar-refractivity contribution in [3.05, 3.63) is 53.3 Å². The van der Waals surface area contributed by atoms with Crippen LogP contribution < -0.4 is 10.2 Å². The molecule has 6 heteroatoms. The summed E-state index contributed by atoms with van der Waals surface area (Å²) in [6, 6.07) is 9.61. The highest BCUT2D eigenvalue weighted by Crippen LogP contribution is 2.39. The minimum Gasteiger partial charge on any atom is -0.324 e. The number of amides is 2. The van der Waals surface area contributed by atoms with E-state index in [2.05, 4.69) is 5.32 Å². The van der Waals surface area contributed by atoms with E-state index in [1.807, 2.05) is 26.0 Å². The molecule has 144 valence electrons. The highest BCUT2D eigenvalue weighted by atomic mass is 19.1. The van der Waals surface area contributed by atoms with E-state index < -0.39 is 5.82 Å². The number of hydrogen-bond donors (Lipinski definition) is 1. The number of anilines is 2. The summed E-state index contributed by atoms with van der Waals surface area (Å²) in [5, 5.41) is 2.68. The van der Waals surface area contributed by atoms with Crippen LogP contribution in [-0.2, 0) is 9.59 Å². The van der Waals surface area contributed by atoms with Crippen molar-refractivity contribution in [2.24, 2.45) is 10.9 Å². The molecule has 1 saturated carbocycles. The first-order valence-corrected chi connectivity index (χ1v) is 9.48. The molecule has 1 N–H and O–H groups in total. The molecule has 4 rings (SSSR count). The number of rotatable bonds is 3. The Morgan fingerprint density at radius 1 is 1.25 bits per heavy atom. The van der Waals surface area contributed by atoms with Crippen LogP contribution in [0.25, 0.3) is 0 Å². The lowest BCUT2D eigenvalue weighted by molar-refractivity contribution is -0.122. The second-order valence-electron chi connectivity index (χ2n) is 7.46. The van der Waals surface area contributed by atoms with E-state index in [4.69, 9.17) is 4.99 Å². The summed E-state index contributed by atoms with van der Waals surface area (Å²) >= 11 is 0. The molecule has 0 radical (unpaired) electrons. The first-order chi connectivity index (χ1) is 13.4. The molecule has 28 heavy (non-hydrogen) atoms. The van der Waals surface area contributed by atoms with Gasteiger partial charge in [0.2, 0.25) is 11.8 Å². The van der Waals surface area contributed by atoms with E-state index >= 15 is 0 Å². The second-order valence-corrected chi connectivity index (χ2v) is 7.46. The van der Waals surface area contributed by atoms with Gasteiger partial charge in [0.15, 0.2) is 0 Å². The van der Waals surface area contributed by atoms with Crippen molar-refractivity contribution in [1.82, 2.24) is 0 Å². The van der Waals surface area contributed by atoms with Gasteiger partial charge in [0.1, 0.15) is 12.4 Å². The average Bonchev–Trinajstić information content (AvgIpc) is 3.07. The number of benzene rings is 2. The van der Waals surface area contributed by atoms with Gasteiger partial charge in [0.25, 0.3) is 0 Å². The molecule has 2 aromatic carbocycles. The Balaban J connectivity index is 1.67. The predicted molar refractivity (Wildman–Crippen MR) is 108 cm³/mol. The highest BCUT2D eigenvalue weighted by molar-refractivity contribution is 6.16. The average molecular weight is 379 g/mol. The number of halogens is 1. The maximum atomic E-state index is 13.4. The first-order valence-electron chi connectivity index (χ1n) is 9.48. The molecule has 0 aromatic heterocycles. The summed E-state index contributed by atoms with van der Waals surface area (Å²) in [4.78, 5) is 32.2. The van der Waals surface area contributed by atoms with Crippen molar-refractivity contribution in [1.29, 1.82) is 0 Å². The summed E-state index contributed by atoms with van der Waals surface area (Å²) in [5.74, 6) is -1.16. The largest absolute Gasteiger partial charge is 0.324 e. The number of carbonyl (C=O) groups is 2. The van der Waals surface area contributed by atoms with Crippen LogP contribution in [0.5, 0.6) is 0 Å². The Labute approximate surface area is 163 Å². The first kappa shape index (κ1) is 18.3. The highest BCUT2D eigenvalue weighted by Gasteiger charge is 2.37. The molecule has 1 aliphatic carbocycles. The molecule has 2 amide bonds. The van der Waals surface area contributed by atoms with Crippen molar-refractivity contribution >= 4 is 34.6 Å². The summed E-state index contributed by atoms with van der Waals surface area (Å²) in [5.41, 5.74) is 4.79. The summed E-state index contributed by atoms with van der Waals surface area (Å²) in [6.45, 7) is 3.85. The van der Waals surface area contributed by atoms with Gasteiger partial charge in [-0.05, 0) is 74.6 Å². The van der Waals surface area contributed by atoms with Crippen molar-refractivity contribution in [2.75, 3.05) is 16.8 Å². The van der Waals surface area contributed by atoms with Gasteiger partial charge in [-0.15, -0.1) is 0 Å². The predicted octanol–water partition coefficient (Wildman–Crippen LogP) is 4.30. The van der Waals surface area contributed by atoms with E-state index in [1.54, 1.807) is 6.07 Å². The standard InChI is InChI=1S/C22H22FN3O2/c1-13-9-19-20(10-14(13)2)26(22(28)17-7-4-8-18(17)25-19)12-21(27)24-16-6-3-5-15(23)11-16/h3,5-6,9-11,17H,4,7-8,12H2,1-2H3,(H,24,27). The number of nitrogens with zero attached hydrogens (tertiary/aromatic N) is 2. The fourth-order valence-electron chi connectivity index (χ4n) is 3.85. The number of carbonyl (C=O) groups excluding carboxylic acids is 2. The van der Waals surface area contributed by atoms with E-state index in [9.17, 15) is 14.0 Å². The molecule has 0 spiro atoms. The summed E-state index contributed by atoms with van der Waals surface area (Å²) in [6.07, 6.45) is 2.50. The quantitative estimate of drug-likeness (QED) is 0.864. The van der Waals surface area contributed by atoms with Crippen LogP contribution in [0.15, 0.2) is 41.4 Å². The lowest BCUT2D eigenvalue weighted by Crippen LogP contribution is -2.42. The van der Waals surface area contributed by atoms with E-state index in [0.717, 1.165) is 41.8 Å². The molecule has 1 heterocycles. The van der Waals surface area contributed by atoms with E-state index in [0.29, 0.717) is 11.4 Å². The van der Waals surface area contributed by atoms with Gasteiger partial charge in [-0.25, -0.2) is 4.39 Å². The third-order valence-electron chi connectivity index (χ3n) is 5.45. The summed E-state index contributed by atoms with van der Waals surface area (Å²) < 4.78 is 13.4. The fraction of sp³-hybridized carbons (Fsp3) is 0.318. The van der Waals surface area contributed by atoms with Gasteiger partial charge in [-0.1, -0.05) is 6.07 Å². The molecule has 1 fully saturated rings. The Morgan fingerprint density at radius 2 is 2.04 bits per heavy atom. The molecule has 2 aliphatic rings. The molecule has 5 nitrogen and oxygen atoms in total. The van der Waals surface area contributed by atoms with E-state index in [-0.39, 0.29) is 24.3 Å². The zero-order valence-corrected chi connectivity index (χ0v) is 16.0. The van der Waals surface area contributed by atoms with Gasteiger partial charge in [-0.2, -0.15) is 0 Å². The van der Waals surface area contributed by atoms with Crippen LogP contribution in [-0.4, -0.2) is 24.1 Å². The molecular formula is C22H22FN3O2. The van der Waals surface area contributed by atoms with Crippen molar-refractivity contribution in [3.8, 4) is 0 Å². The Hall–Kier alpha value is -3.02. The maximum absolute atomic E-state index is 13.4. The Morgan fingerprint density at radius 3 is 2.82 bits per heavy atom. The lowest BCUT2D eigenvalue weighted by atomic mass is 10.0. The van der Waals surface area contributed by atoms with Crippen LogP contribution in [0, 0.1) is 25.6 Å². The van der Waals surface area contributed by atoms with Crippen LogP contribution >= 0.6 is 0 Å². The molecule has 0 saturated heterocycles. The number of aliphatic imine (C=N–C) groups is 1. The number of aryl methyl sites for hydroxylation is 2. The maximum Gasteiger partial charge on any atom is 0.244 e. The number of hydrogen-bond acceptors (Lipinski definition) is 3. The second kappa shape index (κ2) is 7.19. The zero-order valence-electron chi connectivity index (χ0n) is 16.0. The van der Waals surface area contributed by atoms with Gasteiger partial charge in [0, 0.05) is 11.4 Å². The third kappa shape index (κ3) is 3.42. The molecule has 1 unspecified atom stereocenters. The smallest absolute Gasteiger partial charge is 0.244 e. The number of nitrogens with one attached hydrogen (secondary N) is 1. The van der Waals surface area contributed by atoms with Gasteiger partial charge in [-0.3, -0.25) is 14.6 Å². The van der Waals surface area contributed by atoms with E-state index in [1.165, 1.54) is 23.1 Å². The monoisotopic (exact) mass is 379 g/mol. The van der Waals surface area contributed by atoms with Crippen LogP contribution in [0.4, 0.5) is 21.5 Å². The topological polar surface area (TPSA) is 61.8 Å². The summed E-state index contributed by atoms with van der Waals surface area (Å²) in [7, 11) is 0. The Bertz CT molecular complexity index is 999. The minimum atomic E-state index is -0.427. The fourth-order valence-corrected chi connectivity index (χ4v) is 3.85. The van der Waals surface area contributed by atoms with Crippen molar-refractivity contribution < 1.29 is 14.0 Å². The normalized spacial score (nSPS) is 18.2. The SMILES string of the molecule is Cc1cc2c(cc1C)N(CC(=O)Nc1cccc(F)c1)C(=O)C1CCCC1=N2. The van der Waals surface area contributed by atoms with Crippen molar-refractivity contribution in [3.63, 3.8) is 0 Å². The van der Waals surface area contributed by atoms with Crippen LogP contribution in [0.2, 0.25) is 0 Å².